The molecule has 3 heteroatoms. The number of phenols is 1. The van der Waals surface area contributed by atoms with Gasteiger partial charge < -0.3 is 9.67 Å². The number of aryl methyl sites for hydroxylation is 2. The van der Waals surface area contributed by atoms with Crippen LogP contribution in [-0.4, -0.2) is 15.5 Å². The highest BCUT2D eigenvalue weighted by atomic mass is 16.3. The average molecular weight is 255 g/mol. The largest absolute Gasteiger partial charge is 0.508 e. The van der Waals surface area contributed by atoms with E-state index in [1.165, 1.54) is 11.3 Å². The molecule has 0 radical (unpaired) electrons. The molecule has 1 N–H and O–H groups in total. The molecule has 0 amide bonds. The van der Waals surface area contributed by atoms with E-state index in [1.807, 2.05) is 24.4 Å². The van der Waals surface area contributed by atoms with E-state index in [2.05, 4.69) is 4.57 Å². The Hall–Kier alpha value is -2.03. The first kappa shape index (κ1) is 12.0. The van der Waals surface area contributed by atoms with Gasteiger partial charge in [0, 0.05) is 30.4 Å². The second-order valence-corrected chi connectivity index (χ2v) is 5.06. The van der Waals surface area contributed by atoms with Gasteiger partial charge in [-0.2, -0.15) is 0 Å². The molecular formula is C16H17NO2. The zero-order valence-electron chi connectivity index (χ0n) is 10.8. The summed E-state index contributed by atoms with van der Waals surface area (Å²) >= 11 is 0. The smallest absolute Gasteiger partial charge is 0.164 e. The van der Waals surface area contributed by atoms with E-state index in [0.717, 1.165) is 31.4 Å². The molecule has 0 atom stereocenters. The van der Waals surface area contributed by atoms with Gasteiger partial charge in [0.2, 0.25) is 0 Å². The Labute approximate surface area is 112 Å². The fourth-order valence-electron chi connectivity index (χ4n) is 2.71. The van der Waals surface area contributed by atoms with Crippen molar-refractivity contribution in [3.63, 3.8) is 0 Å². The van der Waals surface area contributed by atoms with Crippen LogP contribution >= 0.6 is 0 Å². The van der Waals surface area contributed by atoms with E-state index < -0.39 is 0 Å². The summed E-state index contributed by atoms with van der Waals surface area (Å²) in [5.74, 6) is 0.581. The van der Waals surface area contributed by atoms with Crippen molar-refractivity contribution >= 4 is 5.78 Å². The standard InChI is InChI=1S/C16H17NO2/c18-13-6-4-12(5-7-13)8-10-17-11-9-14-15(17)2-1-3-16(14)19/h4-7,9,11,18H,1-3,8,10H2. The lowest BCUT2D eigenvalue weighted by Gasteiger charge is -2.15. The zero-order valence-corrected chi connectivity index (χ0v) is 10.8. The second-order valence-electron chi connectivity index (χ2n) is 5.06. The number of carbonyl (C=O) groups excluding carboxylic acids is 1. The normalized spacial score (nSPS) is 14.4. The van der Waals surface area contributed by atoms with Crippen LogP contribution < -0.4 is 0 Å². The van der Waals surface area contributed by atoms with Gasteiger partial charge in [0.25, 0.3) is 0 Å². The summed E-state index contributed by atoms with van der Waals surface area (Å²) < 4.78 is 2.19. The molecule has 3 nitrogen and oxygen atoms in total. The van der Waals surface area contributed by atoms with E-state index in [1.54, 1.807) is 12.1 Å². The summed E-state index contributed by atoms with van der Waals surface area (Å²) in [6.45, 7) is 0.882. The maximum Gasteiger partial charge on any atom is 0.164 e. The maximum absolute atomic E-state index is 11.8. The minimum atomic E-state index is 0.282. The number of hydrogen-bond acceptors (Lipinski definition) is 2. The van der Waals surface area contributed by atoms with Crippen molar-refractivity contribution in [1.82, 2.24) is 4.57 Å². The molecule has 19 heavy (non-hydrogen) atoms. The second kappa shape index (κ2) is 4.92. The van der Waals surface area contributed by atoms with Gasteiger partial charge in [-0.05, 0) is 43.0 Å². The lowest BCUT2D eigenvalue weighted by molar-refractivity contribution is 0.0972. The highest BCUT2D eigenvalue weighted by Crippen LogP contribution is 2.22. The van der Waals surface area contributed by atoms with Gasteiger partial charge in [-0.3, -0.25) is 4.79 Å². The van der Waals surface area contributed by atoms with Crippen molar-refractivity contribution < 1.29 is 9.90 Å². The Bertz CT molecular complexity index is 596. The maximum atomic E-state index is 11.8. The molecule has 0 saturated carbocycles. The molecular weight excluding hydrogens is 238 g/mol. The molecule has 0 fully saturated rings. The lowest BCUT2D eigenvalue weighted by Crippen LogP contribution is -2.13. The Morgan fingerprint density at radius 2 is 1.89 bits per heavy atom. The number of ketones is 1. The van der Waals surface area contributed by atoms with E-state index in [0.29, 0.717) is 12.2 Å². The van der Waals surface area contributed by atoms with Crippen molar-refractivity contribution in [3.05, 3.63) is 53.3 Å². The van der Waals surface area contributed by atoms with Gasteiger partial charge >= 0.3 is 0 Å². The van der Waals surface area contributed by atoms with Gasteiger partial charge in [-0.1, -0.05) is 12.1 Å². The number of phenolic OH excluding ortho intramolecular Hbond substituents is 1. The third kappa shape index (κ3) is 2.41. The summed E-state index contributed by atoms with van der Waals surface area (Å²) in [5, 5.41) is 9.25. The molecule has 1 aliphatic carbocycles. The number of Topliss-reactive ketones (excluding diaryl/α,β-unsaturated/α-hetero) is 1. The number of aromatic nitrogens is 1. The number of fused-ring (bicyclic) bond motifs is 1. The van der Waals surface area contributed by atoms with E-state index in [9.17, 15) is 9.90 Å². The predicted octanol–water partition coefficient (Wildman–Crippen LogP) is 2.96. The van der Waals surface area contributed by atoms with E-state index in [-0.39, 0.29) is 5.78 Å². The van der Waals surface area contributed by atoms with E-state index >= 15 is 0 Å². The SMILES string of the molecule is O=C1CCCc2c1ccn2CCc1ccc(O)cc1. The van der Waals surface area contributed by atoms with Gasteiger partial charge in [0.05, 0.1) is 0 Å². The van der Waals surface area contributed by atoms with Gasteiger partial charge in [0.1, 0.15) is 5.75 Å². The summed E-state index contributed by atoms with van der Waals surface area (Å²) in [4.78, 5) is 11.8. The van der Waals surface area contributed by atoms with Crippen molar-refractivity contribution in [1.29, 1.82) is 0 Å². The molecule has 98 valence electrons. The predicted molar refractivity (Wildman–Crippen MR) is 73.5 cm³/mol. The number of aromatic hydroxyl groups is 1. The first-order valence-corrected chi connectivity index (χ1v) is 6.73. The average Bonchev–Trinajstić information content (AvgIpc) is 2.83. The summed E-state index contributed by atoms with van der Waals surface area (Å²) in [7, 11) is 0. The molecule has 0 saturated heterocycles. The van der Waals surface area contributed by atoms with Gasteiger partial charge in [-0.15, -0.1) is 0 Å². The molecule has 0 bridgehead atoms. The van der Waals surface area contributed by atoms with Crippen LogP contribution in [-0.2, 0) is 19.4 Å². The number of benzene rings is 1. The fourth-order valence-corrected chi connectivity index (χ4v) is 2.71. The van der Waals surface area contributed by atoms with Crippen LogP contribution in [0.15, 0.2) is 36.5 Å². The topological polar surface area (TPSA) is 42.2 Å². The third-order valence-corrected chi connectivity index (χ3v) is 3.77. The van der Waals surface area contributed by atoms with Crippen LogP contribution in [0.1, 0.15) is 34.5 Å². The number of rotatable bonds is 3. The van der Waals surface area contributed by atoms with Crippen LogP contribution in [0.3, 0.4) is 0 Å². The van der Waals surface area contributed by atoms with Gasteiger partial charge in [-0.25, -0.2) is 0 Å². The first-order valence-electron chi connectivity index (χ1n) is 6.73. The molecule has 0 unspecified atom stereocenters. The van der Waals surface area contributed by atoms with Crippen LogP contribution in [0, 0.1) is 0 Å². The monoisotopic (exact) mass is 255 g/mol. The zero-order chi connectivity index (χ0) is 13.2. The molecule has 3 rings (SSSR count). The molecule has 0 spiro atoms. The van der Waals surface area contributed by atoms with Crippen molar-refractivity contribution in [3.8, 4) is 5.75 Å². The highest BCUT2D eigenvalue weighted by Gasteiger charge is 2.20. The summed E-state index contributed by atoms with van der Waals surface area (Å²) in [6.07, 6.45) is 5.59. The van der Waals surface area contributed by atoms with Crippen LogP contribution in [0.5, 0.6) is 5.75 Å². The Kier molecular flexibility index (Phi) is 3.11. The molecule has 1 heterocycles. The number of hydrogen-bond donors (Lipinski definition) is 1. The minimum absolute atomic E-state index is 0.282. The fraction of sp³-hybridized carbons (Fsp3) is 0.312. The van der Waals surface area contributed by atoms with Crippen molar-refractivity contribution in [2.45, 2.75) is 32.2 Å². The first-order chi connectivity index (χ1) is 9.24. The highest BCUT2D eigenvalue weighted by molar-refractivity contribution is 5.98. The minimum Gasteiger partial charge on any atom is -0.508 e. The summed E-state index contributed by atoms with van der Waals surface area (Å²) in [5.41, 5.74) is 3.30. The van der Waals surface area contributed by atoms with Crippen molar-refractivity contribution in [2.75, 3.05) is 0 Å². The molecule has 1 aliphatic rings. The van der Waals surface area contributed by atoms with Crippen LogP contribution in [0.25, 0.3) is 0 Å². The number of nitrogens with zero attached hydrogens (tertiary/aromatic N) is 1. The third-order valence-electron chi connectivity index (χ3n) is 3.77. The van der Waals surface area contributed by atoms with Crippen molar-refractivity contribution in [2.24, 2.45) is 0 Å². The Morgan fingerprint density at radius 1 is 1.11 bits per heavy atom. The van der Waals surface area contributed by atoms with E-state index in [4.69, 9.17) is 0 Å². The Balaban J connectivity index is 1.74. The molecule has 1 aromatic heterocycles. The number of carbonyl (C=O) groups is 1. The summed E-state index contributed by atoms with van der Waals surface area (Å²) in [6, 6.07) is 9.26. The molecule has 0 aliphatic heterocycles. The Morgan fingerprint density at radius 3 is 2.68 bits per heavy atom. The van der Waals surface area contributed by atoms with Crippen LogP contribution in [0.4, 0.5) is 0 Å². The van der Waals surface area contributed by atoms with Crippen LogP contribution in [0.2, 0.25) is 0 Å². The lowest BCUT2D eigenvalue weighted by atomic mass is 9.97. The molecule has 2 aromatic rings. The molecule has 1 aromatic carbocycles. The quantitative estimate of drug-likeness (QED) is 0.916. The van der Waals surface area contributed by atoms with Gasteiger partial charge in [0.15, 0.2) is 5.78 Å².